The van der Waals surface area contributed by atoms with Gasteiger partial charge in [-0.2, -0.15) is 5.26 Å². The number of benzene rings is 1. The molecular weight excluding hydrogens is 262 g/mol. The van der Waals surface area contributed by atoms with Gasteiger partial charge in [-0.3, -0.25) is 0 Å². The molecule has 1 heterocycles. The van der Waals surface area contributed by atoms with Crippen LogP contribution in [0, 0.1) is 11.3 Å². The number of nitrogens with zero attached hydrogens (tertiary/aromatic N) is 3. The smallest absolute Gasteiger partial charge is 0.125 e. The highest BCUT2D eigenvalue weighted by Gasteiger charge is 2.26. The molecule has 4 nitrogen and oxygen atoms in total. The van der Waals surface area contributed by atoms with Gasteiger partial charge >= 0.3 is 0 Å². The molecule has 0 aliphatic carbocycles. The van der Waals surface area contributed by atoms with Gasteiger partial charge in [0.15, 0.2) is 0 Å². The van der Waals surface area contributed by atoms with Crippen LogP contribution >= 0.6 is 11.6 Å². The fourth-order valence-electron chi connectivity index (χ4n) is 2.42. The third-order valence-electron chi connectivity index (χ3n) is 3.10. The van der Waals surface area contributed by atoms with E-state index < -0.39 is 0 Å². The number of ether oxygens (including phenoxy) is 1. The molecule has 19 heavy (non-hydrogen) atoms. The summed E-state index contributed by atoms with van der Waals surface area (Å²) in [6.07, 6.45) is 0. The molecular formula is C14H16ClN3O. The van der Waals surface area contributed by atoms with E-state index >= 15 is 0 Å². The van der Waals surface area contributed by atoms with E-state index in [4.69, 9.17) is 21.6 Å². The van der Waals surface area contributed by atoms with Crippen LogP contribution in [0.25, 0.3) is 11.0 Å². The van der Waals surface area contributed by atoms with Crippen molar-refractivity contribution in [2.24, 2.45) is 0 Å². The highest BCUT2D eigenvalue weighted by Crippen LogP contribution is 2.28. The predicted molar refractivity (Wildman–Crippen MR) is 75.2 cm³/mol. The van der Waals surface area contributed by atoms with Gasteiger partial charge in [0.05, 0.1) is 29.1 Å². The number of nitriles is 1. The van der Waals surface area contributed by atoms with E-state index in [-0.39, 0.29) is 5.54 Å². The number of hydrogen-bond acceptors (Lipinski definition) is 3. The Labute approximate surface area is 117 Å². The molecule has 0 atom stereocenters. The fourth-order valence-corrected chi connectivity index (χ4v) is 2.60. The largest absolute Gasteiger partial charge is 0.382 e. The van der Waals surface area contributed by atoms with Gasteiger partial charge in [-0.15, -0.1) is 11.6 Å². The summed E-state index contributed by atoms with van der Waals surface area (Å²) in [5.41, 5.74) is 1.90. The van der Waals surface area contributed by atoms with Crippen LogP contribution < -0.4 is 0 Å². The van der Waals surface area contributed by atoms with Crippen molar-refractivity contribution in [3.63, 3.8) is 0 Å². The second-order valence-electron chi connectivity index (χ2n) is 5.03. The molecule has 1 aromatic heterocycles. The molecule has 1 aromatic carbocycles. The van der Waals surface area contributed by atoms with Crippen molar-refractivity contribution < 1.29 is 4.74 Å². The van der Waals surface area contributed by atoms with E-state index in [1.807, 2.05) is 12.1 Å². The molecule has 0 aliphatic heterocycles. The molecule has 0 aliphatic rings. The molecule has 2 rings (SSSR count). The Hall–Kier alpha value is -1.57. The Kier molecular flexibility index (Phi) is 3.79. The van der Waals surface area contributed by atoms with Crippen LogP contribution in [-0.4, -0.2) is 23.3 Å². The molecule has 0 saturated heterocycles. The Bertz CT molecular complexity index is 640. The summed E-state index contributed by atoms with van der Waals surface area (Å²) in [7, 11) is 1.67. The second kappa shape index (κ2) is 5.20. The zero-order valence-corrected chi connectivity index (χ0v) is 12.0. The molecule has 0 amide bonds. The summed E-state index contributed by atoms with van der Waals surface area (Å²) < 4.78 is 7.33. The first-order chi connectivity index (χ1) is 9.05. The summed E-state index contributed by atoms with van der Waals surface area (Å²) in [6.45, 7) is 4.67. The first-order valence-electron chi connectivity index (χ1n) is 6.01. The summed E-state index contributed by atoms with van der Waals surface area (Å²) in [5, 5.41) is 9.16. The van der Waals surface area contributed by atoms with Crippen LogP contribution in [0.5, 0.6) is 0 Å². The van der Waals surface area contributed by atoms with Gasteiger partial charge in [-0.25, -0.2) is 4.98 Å². The molecule has 5 heteroatoms. The van der Waals surface area contributed by atoms with Gasteiger partial charge in [0.1, 0.15) is 17.4 Å². The third kappa shape index (κ3) is 2.32. The molecule has 0 fully saturated rings. The zero-order chi connectivity index (χ0) is 14.0. The van der Waals surface area contributed by atoms with E-state index in [0.717, 1.165) is 11.3 Å². The van der Waals surface area contributed by atoms with Gasteiger partial charge in [0.2, 0.25) is 0 Å². The minimum absolute atomic E-state index is 0.276. The number of rotatable bonds is 4. The predicted octanol–water partition coefficient (Wildman–Crippen LogP) is 3.03. The lowest BCUT2D eigenvalue weighted by atomic mass is 10.1. The monoisotopic (exact) mass is 277 g/mol. The van der Waals surface area contributed by atoms with E-state index in [1.54, 1.807) is 13.2 Å². The molecule has 0 unspecified atom stereocenters. The van der Waals surface area contributed by atoms with Crippen LogP contribution in [0.15, 0.2) is 18.2 Å². The molecule has 0 N–H and O–H groups in total. The average Bonchev–Trinajstić information content (AvgIpc) is 2.77. The Morgan fingerprint density at radius 2 is 2.21 bits per heavy atom. The van der Waals surface area contributed by atoms with Crippen molar-refractivity contribution in [2.75, 3.05) is 13.7 Å². The van der Waals surface area contributed by atoms with Crippen molar-refractivity contribution in [3.05, 3.63) is 29.6 Å². The number of hydrogen-bond donors (Lipinski definition) is 0. The number of alkyl halides is 1. The van der Waals surface area contributed by atoms with Crippen LogP contribution in [0.1, 0.15) is 25.2 Å². The molecule has 0 spiro atoms. The van der Waals surface area contributed by atoms with E-state index in [1.165, 1.54) is 0 Å². The van der Waals surface area contributed by atoms with E-state index in [2.05, 4.69) is 29.5 Å². The van der Waals surface area contributed by atoms with E-state index in [0.29, 0.717) is 23.6 Å². The van der Waals surface area contributed by atoms with Gasteiger partial charge in [0, 0.05) is 7.11 Å². The van der Waals surface area contributed by atoms with Gasteiger partial charge < -0.3 is 9.30 Å². The van der Waals surface area contributed by atoms with Gasteiger partial charge in [-0.1, -0.05) is 6.07 Å². The first kappa shape index (κ1) is 13.9. The van der Waals surface area contributed by atoms with Crippen molar-refractivity contribution in [1.82, 2.24) is 9.55 Å². The van der Waals surface area contributed by atoms with E-state index in [9.17, 15) is 0 Å². The molecule has 0 radical (unpaired) electrons. The van der Waals surface area contributed by atoms with Crippen LogP contribution in [0.4, 0.5) is 0 Å². The standard InChI is InChI=1S/C14H16ClN3O/c1-14(2,9-19-3)18-11-6-4-5-10(8-16)13(11)17-12(18)7-15/h4-6H,7,9H2,1-3H3. The number of methoxy groups -OCH3 is 1. The number of fused-ring (bicyclic) bond motifs is 1. The number of aromatic nitrogens is 2. The number of imidazole rings is 1. The van der Waals surface area contributed by atoms with Crippen molar-refractivity contribution in [1.29, 1.82) is 5.26 Å². The lowest BCUT2D eigenvalue weighted by Gasteiger charge is -2.28. The van der Waals surface area contributed by atoms with Crippen LogP contribution in [0.3, 0.4) is 0 Å². The second-order valence-corrected chi connectivity index (χ2v) is 5.29. The highest BCUT2D eigenvalue weighted by atomic mass is 35.5. The summed E-state index contributed by atoms with van der Waals surface area (Å²) in [5.74, 6) is 1.05. The first-order valence-corrected chi connectivity index (χ1v) is 6.54. The molecule has 0 saturated carbocycles. The maximum Gasteiger partial charge on any atom is 0.125 e. The quantitative estimate of drug-likeness (QED) is 0.807. The topological polar surface area (TPSA) is 50.8 Å². The highest BCUT2D eigenvalue weighted by molar-refractivity contribution is 6.16. The van der Waals surface area contributed by atoms with Crippen LogP contribution in [-0.2, 0) is 16.2 Å². The normalized spacial score (nSPS) is 11.7. The van der Waals surface area contributed by atoms with Crippen molar-refractivity contribution in [2.45, 2.75) is 25.3 Å². The lowest BCUT2D eigenvalue weighted by molar-refractivity contribution is 0.110. The Balaban J connectivity index is 2.76. The number of halogens is 1. The third-order valence-corrected chi connectivity index (χ3v) is 3.34. The van der Waals surface area contributed by atoms with Gasteiger partial charge in [0.25, 0.3) is 0 Å². The minimum atomic E-state index is -0.276. The summed E-state index contributed by atoms with van der Waals surface area (Å²) in [4.78, 5) is 4.50. The molecule has 2 aromatic rings. The fraction of sp³-hybridized carbons (Fsp3) is 0.429. The SMILES string of the molecule is COCC(C)(C)n1c(CCl)nc2c(C#N)cccc21. The lowest BCUT2D eigenvalue weighted by Crippen LogP contribution is -2.32. The van der Waals surface area contributed by atoms with Crippen molar-refractivity contribution in [3.8, 4) is 6.07 Å². The Morgan fingerprint density at radius 1 is 1.47 bits per heavy atom. The molecule has 100 valence electrons. The minimum Gasteiger partial charge on any atom is -0.382 e. The Morgan fingerprint density at radius 3 is 2.79 bits per heavy atom. The summed E-state index contributed by atoms with van der Waals surface area (Å²) in [6, 6.07) is 7.75. The maximum atomic E-state index is 9.16. The molecule has 0 bridgehead atoms. The van der Waals surface area contributed by atoms with Crippen LogP contribution in [0.2, 0.25) is 0 Å². The summed E-state index contributed by atoms with van der Waals surface area (Å²) >= 11 is 6.00. The van der Waals surface area contributed by atoms with Gasteiger partial charge in [-0.05, 0) is 26.0 Å². The van der Waals surface area contributed by atoms with Crippen molar-refractivity contribution >= 4 is 22.6 Å². The average molecular weight is 278 g/mol. The zero-order valence-electron chi connectivity index (χ0n) is 11.3. The maximum absolute atomic E-state index is 9.16. The number of para-hydroxylation sites is 1.